The molecule has 0 fully saturated rings. The molecule has 0 aliphatic carbocycles. The van der Waals surface area contributed by atoms with Crippen LogP contribution in [0.15, 0.2) is 0 Å². The number of aliphatic hydroxyl groups is 1. The van der Waals surface area contributed by atoms with E-state index in [4.69, 9.17) is 4.74 Å². The predicted octanol–water partition coefficient (Wildman–Crippen LogP) is 1.18. The second-order valence-corrected chi connectivity index (χ2v) is 4.85. The lowest BCUT2D eigenvalue weighted by Crippen LogP contribution is -2.33. The zero-order valence-corrected chi connectivity index (χ0v) is 10.8. The van der Waals surface area contributed by atoms with E-state index in [1.165, 1.54) is 0 Å². The standard InChI is InChI=1S/C12H25NO3/c1-9(2)5-11(14)7-13-12(15)6-10(3)8-16-4/h9-11,14H,5-8H2,1-4H3,(H,13,15). The Hall–Kier alpha value is -0.610. The fourth-order valence-corrected chi connectivity index (χ4v) is 1.59. The normalized spacial score (nSPS) is 14.9. The summed E-state index contributed by atoms with van der Waals surface area (Å²) in [5.74, 6) is 0.638. The number of hydrogen-bond donors (Lipinski definition) is 2. The van der Waals surface area contributed by atoms with Gasteiger partial charge in [0.25, 0.3) is 0 Å². The maximum absolute atomic E-state index is 11.4. The highest BCUT2D eigenvalue weighted by Gasteiger charge is 2.11. The predicted molar refractivity (Wildman–Crippen MR) is 64.1 cm³/mol. The van der Waals surface area contributed by atoms with Crippen molar-refractivity contribution >= 4 is 5.91 Å². The van der Waals surface area contributed by atoms with Gasteiger partial charge in [-0.25, -0.2) is 0 Å². The molecular formula is C12H25NO3. The first kappa shape index (κ1) is 15.4. The minimum Gasteiger partial charge on any atom is -0.391 e. The third-order valence-corrected chi connectivity index (χ3v) is 2.26. The summed E-state index contributed by atoms with van der Waals surface area (Å²) < 4.78 is 4.95. The molecule has 0 aromatic rings. The summed E-state index contributed by atoms with van der Waals surface area (Å²) in [7, 11) is 1.63. The van der Waals surface area contributed by atoms with E-state index in [0.29, 0.717) is 31.9 Å². The summed E-state index contributed by atoms with van der Waals surface area (Å²) in [5, 5.41) is 12.3. The lowest BCUT2D eigenvalue weighted by molar-refractivity contribution is -0.122. The van der Waals surface area contributed by atoms with Crippen molar-refractivity contribution in [3.05, 3.63) is 0 Å². The first-order valence-corrected chi connectivity index (χ1v) is 5.89. The Kier molecular flexibility index (Phi) is 8.21. The van der Waals surface area contributed by atoms with Gasteiger partial charge in [0.05, 0.1) is 6.10 Å². The van der Waals surface area contributed by atoms with E-state index in [1.807, 2.05) is 20.8 Å². The van der Waals surface area contributed by atoms with E-state index in [0.717, 1.165) is 0 Å². The summed E-state index contributed by atoms with van der Waals surface area (Å²) in [6.45, 7) is 6.99. The van der Waals surface area contributed by atoms with Crippen LogP contribution in [0.5, 0.6) is 0 Å². The fourth-order valence-electron chi connectivity index (χ4n) is 1.59. The molecule has 0 saturated heterocycles. The number of nitrogens with one attached hydrogen (secondary N) is 1. The molecule has 0 radical (unpaired) electrons. The monoisotopic (exact) mass is 231 g/mol. The highest BCUT2D eigenvalue weighted by atomic mass is 16.5. The largest absolute Gasteiger partial charge is 0.391 e. The Morgan fingerprint density at radius 3 is 2.50 bits per heavy atom. The summed E-state index contributed by atoms with van der Waals surface area (Å²) in [6, 6.07) is 0. The van der Waals surface area contributed by atoms with Crippen LogP contribution >= 0.6 is 0 Å². The van der Waals surface area contributed by atoms with Crippen molar-refractivity contribution in [2.75, 3.05) is 20.3 Å². The first-order valence-electron chi connectivity index (χ1n) is 5.89. The summed E-state index contributed by atoms with van der Waals surface area (Å²) >= 11 is 0. The van der Waals surface area contributed by atoms with Crippen LogP contribution in [0.1, 0.15) is 33.6 Å². The number of rotatable bonds is 8. The minimum absolute atomic E-state index is 0.0210. The lowest BCUT2D eigenvalue weighted by Gasteiger charge is -2.15. The maximum atomic E-state index is 11.4. The molecule has 0 saturated carbocycles. The second kappa shape index (κ2) is 8.53. The van der Waals surface area contributed by atoms with Gasteiger partial charge in [-0.05, 0) is 18.3 Å². The molecule has 0 rings (SSSR count). The molecule has 4 nitrogen and oxygen atoms in total. The molecule has 16 heavy (non-hydrogen) atoms. The molecule has 96 valence electrons. The van der Waals surface area contributed by atoms with Gasteiger partial charge in [-0.15, -0.1) is 0 Å². The van der Waals surface area contributed by atoms with Gasteiger partial charge in [0.1, 0.15) is 0 Å². The molecule has 0 aliphatic heterocycles. The van der Waals surface area contributed by atoms with Gasteiger partial charge in [0.2, 0.25) is 5.91 Å². The smallest absolute Gasteiger partial charge is 0.220 e. The lowest BCUT2D eigenvalue weighted by atomic mass is 10.1. The highest BCUT2D eigenvalue weighted by molar-refractivity contribution is 5.76. The van der Waals surface area contributed by atoms with E-state index in [2.05, 4.69) is 5.32 Å². The third kappa shape index (κ3) is 8.68. The van der Waals surface area contributed by atoms with Crippen LogP contribution in [0.4, 0.5) is 0 Å². The van der Waals surface area contributed by atoms with Crippen molar-refractivity contribution < 1.29 is 14.6 Å². The van der Waals surface area contributed by atoms with Gasteiger partial charge < -0.3 is 15.2 Å². The zero-order valence-electron chi connectivity index (χ0n) is 10.8. The van der Waals surface area contributed by atoms with E-state index >= 15 is 0 Å². The van der Waals surface area contributed by atoms with Gasteiger partial charge in [0, 0.05) is 26.7 Å². The van der Waals surface area contributed by atoms with Crippen molar-refractivity contribution in [1.82, 2.24) is 5.32 Å². The SMILES string of the molecule is COCC(C)CC(=O)NCC(O)CC(C)C. The van der Waals surface area contributed by atoms with Crippen molar-refractivity contribution in [3.8, 4) is 0 Å². The number of aliphatic hydroxyl groups excluding tert-OH is 1. The molecule has 2 atom stereocenters. The van der Waals surface area contributed by atoms with Gasteiger partial charge >= 0.3 is 0 Å². The van der Waals surface area contributed by atoms with Crippen LogP contribution in [0.25, 0.3) is 0 Å². The number of carbonyl (C=O) groups excluding carboxylic acids is 1. The Balaban J connectivity index is 3.64. The average molecular weight is 231 g/mol. The molecular weight excluding hydrogens is 206 g/mol. The van der Waals surface area contributed by atoms with Crippen molar-refractivity contribution in [1.29, 1.82) is 0 Å². The van der Waals surface area contributed by atoms with E-state index in [1.54, 1.807) is 7.11 Å². The third-order valence-electron chi connectivity index (χ3n) is 2.26. The quantitative estimate of drug-likeness (QED) is 0.659. The topological polar surface area (TPSA) is 58.6 Å². The minimum atomic E-state index is -0.443. The number of amides is 1. The van der Waals surface area contributed by atoms with Crippen LogP contribution < -0.4 is 5.32 Å². The van der Waals surface area contributed by atoms with Crippen molar-refractivity contribution in [2.24, 2.45) is 11.8 Å². The number of ether oxygens (including phenoxy) is 1. The van der Waals surface area contributed by atoms with Gasteiger partial charge in [-0.1, -0.05) is 20.8 Å². The van der Waals surface area contributed by atoms with Crippen LogP contribution in [-0.4, -0.2) is 37.4 Å². The van der Waals surface area contributed by atoms with E-state index in [9.17, 15) is 9.90 Å². The summed E-state index contributed by atoms with van der Waals surface area (Å²) in [4.78, 5) is 11.4. The van der Waals surface area contributed by atoms with Crippen LogP contribution in [0.3, 0.4) is 0 Å². The van der Waals surface area contributed by atoms with E-state index in [-0.39, 0.29) is 11.8 Å². The Morgan fingerprint density at radius 1 is 1.38 bits per heavy atom. The van der Waals surface area contributed by atoms with Crippen LogP contribution in [0, 0.1) is 11.8 Å². The Bertz CT molecular complexity index is 195. The molecule has 0 spiro atoms. The van der Waals surface area contributed by atoms with E-state index < -0.39 is 6.10 Å². The van der Waals surface area contributed by atoms with Crippen LogP contribution in [-0.2, 0) is 9.53 Å². The second-order valence-electron chi connectivity index (χ2n) is 4.85. The number of hydrogen-bond acceptors (Lipinski definition) is 3. The zero-order chi connectivity index (χ0) is 12.6. The summed E-state index contributed by atoms with van der Waals surface area (Å²) in [5.41, 5.74) is 0. The first-order chi connectivity index (χ1) is 7.45. The fraction of sp³-hybridized carbons (Fsp3) is 0.917. The molecule has 0 aromatic carbocycles. The highest BCUT2D eigenvalue weighted by Crippen LogP contribution is 2.04. The Morgan fingerprint density at radius 2 is 2.00 bits per heavy atom. The van der Waals surface area contributed by atoms with Gasteiger partial charge in [-0.2, -0.15) is 0 Å². The number of methoxy groups -OCH3 is 1. The van der Waals surface area contributed by atoms with Gasteiger partial charge in [-0.3, -0.25) is 4.79 Å². The average Bonchev–Trinajstić information content (AvgIpc) is 2.14. The molecule has 1 amide bonds. The maximum Gasteiger partial charge on any atom is 0.220 e. The summed E-state index contributed by atoms with van der Waals surface area (Å²) in [6.07, 6.45) is 0.720. The van der Waals surface area contributed by atoms with Crippen molar-refractivity contribution in [2.45, 2.75) is 39.7 Å². The molecule has 0 aromatic heterocycles. The molecule has 4 heteroatoms. The molecule has 2 N–H and O–H groups in total. The molecule has 0 heterocycles. The molecule has 0 aliphatic rings. The Labute approximate surface area is 98.4 Å². The van der Waals surface area contributed by atoms with Crippen molar-refractivity contribution in [3.63, 3.8) is 0 Å². The molecule has 2 unspecified atom stereocenters. The van der Waals surface area contributed by atoms with Crippen LogP contribution in [0.2, 0.25) is 0 Å². The van der Waals surface area contributed by atoms with Gasteiger partial charge in [0.15, 0.2) is 0 Å². The number of carbonyl (C=O) groups is 1. The molecule has 0 bridgehead atoms.